The van der Waals surface area contributed by atoms with Gasteiger partial charge in [-0.15, -0.1) is 0 Å². The molecule has 0 aromatic heterocycles. The van der Waals surface area contributed by atoms with Gasteiger partial charge in [-0.2, -0.15) is 0 Å². The van der Waals surface area contributed by atoms with Gasteiger partial charge in [0.25, 0.3) is 0 Å². The molecule has 4 aromatic rings. The Morgan fingerprint density at radius 2 is 1.75 bits per heavy atom. The van der Waals surface area contributed by atoms with E-state index in [1.807, 2.05) is 36.4 Å². The molecule has 0 fully saturated rings. The molecule has 0 atom stereocenters. The van der Waals surface area contributed by atoms with Crippen molar-refractivity contribution >= 4 is 22.1 Å². The van der Waals surface area contributed by atoms with Crippen molar-refractivity contribution in [1.29, 1.82) is 0 Å². The first kappa shape index (κ1) is 13.0. The number of nitrogens with one attached hydrogen (secondary N) is 1. The number of ether oxygens (including phenoxy) is 1. The van der Waals surface area contributed by atoms with Crippen LogP contribution < -0.4 is 10.1 Å². The number of fused-ring (bicyclic) bond motifs is 4. The van der Waals surface area contributed by atoms with E-state index in [0.717, 1.165) is 39.4 Å². The SMILES string of the molecule is c1ccc(-c2ccc3c(c2)Nc2ccc4ccccc4c2O3)cc#1. The second-order valence-corrected chi connectivity index (χ2v) is 5.82. The lowest BCUT2D eigenvalue weighted by Crippen LogP contribution is -2.03. The van der Waals surface area contributed by atoms with Crippen LogP contribution in [-0.2, 0) is 0 Å². The van der Waals surface area contributed by atoms with Crippen molar-refractivity contribution in [2.24, 2.45) is 0 Å². The predicted molar refractivity (Wildman–Crippen MR) is 96.9 cm³/mol. The maximum absolute atomic E-state index is 6.21. The molecule has 0 bridgehead atoms. The summed E-state index contributed by atoms with van der Waals surface area (Å²) in [5, 5.41) is 5.79. The fourth-order valence-corrected chi connectivity index (χ4v) is 3.13. The van der Waals surface area contributed by atoms with Gasteiger partial charge in [-0.05, 0) is 52.9 Å². The Labute approximate surface area is 140 Å². The Morgan fingerprint density at radius 3 is 2.67 bits per heavy atom. The molecule has 0 radical (unpaired) electrons. The molecule has 0 spiro atoms. The first-order valence-corrected chi connectivity index (χ1v) is 7.87. The van der Waals surface area contributed by atoms with E-state index >= 15 is 0 Å². The van der Waals surface area contributed by atoms with Crippen molar-refractivity contribution in [3.63, 3.8) is 0 Å². The highest BCUT2D eigenvalue weighted by Crippen LogP contribution is 2.46. The van der Waals surface area contributed by atoms with Crippen LogP contribution in [0.3, 0.4) is 0 Å². The molecule has 0 aliphatic carbocycles. The Morgan fingerprint density at radius 1 is 0.792 bits per heavy atom. The van der Waals surface area contributed by atoms with Crippen molar-refractivity contribution < 1.29 is 4.74 Å². The maximum atomic E-state index is 6.21. The van der Waals surface area contributed by atoms with Crippen LogP contribution in [0.2, 0.25) is 0 Å². The van der Waals surface area contributed by atoms with Crippen LogP contribution in [0.1, 0.15) is 0 Å². The van der Waals surface area contributed by atoms with Crippen molar-refractivity contribution in [2.75, 3.05) is 5.32 Å². The number of hydrogen-bond donors (Lipinski definition) is 1. The number of anilines is 2. The summed E-state index contributed by atoms with van der Waals surface area (Å²) in [4.78, 5) is 0. The topological polar surface area (TPSA) is 21.3 Å². The lowest BCUT2D eigenvalue weighted by Gasteiger charge is -2.23. The molecule has 112 valence electrons. The molecule has 0 saturated carbocycles. The second-order valence-electron chi connectivity index (χ2n) is 5.82. The molecule has 5 rings (SSSR count). The predicted octanol–water partition coefficient (Wildman–Crippen LogP) is 5.96. The van der Waals surface area contributed by atoms with Gasteiger partial charge < -0.3 is 10.1 Å². The lowest BCUT2D eigenvalue weighted by atomic mass is 10.0. The Balaban J connectivity index is 1.61. The Hall–Kier alpha value is -3.44. The minimum absolute atomic E-state index is 0.842. The highest BCUT2D eigenvalue weighted by Gasteiger charge is 2.19. The summed E-state index contributed by atoms with van der Waals surface area (Å²) in [6, 6.07) is 30.4. The summed E-state index contributed by atoms with van der Waals surface area (Å²) in [6.07, 6.45) is 0. The van der Waals surface area contributed by atoms with Crippen molar-refractivity contribution in [2.45, 2.75) is 0 Å². The molecule has 1 heterocycles. The molecule has 1 N–H and O–H groups in total. The van der Waals surface area contributed by atoms with E-state index in [1.165, 1.54) is 5.39 Å². The van der Waals surface area contributed by atoms with E-state index in [4.69, 9.17) is 4.74 Å². The molecule has 2 nitrogen and oxygen atoms in total. The summed E-state index contributed by atoms with van der Waals surface area (Å²) in [5.41, 5.74) is 4.21. The Kier molecular flexibility index (Phi) is 2.74. The van der Waals surface area contributed by atoms with Gasteiger partial charge in [-0.3, -0.25) is 0 Å². The van der Waals surface area contributed by atoms with Gasteiger partial charge in [0, 0.05) is 5.39 Å². The highest BCUT2D eigenvalue weighted by atomic mass is 16.5. The summed E-state index contributed by atoms with van der Waals surface area (Å²) >= 11 is 0. The summed E-state index contributed by atoms with van der Waals surface area (Å²) in [7, 11) is 0. The summed E-state index contributed by atoms with van der Waals surface area (Å²) < 4.78 is 6.21. The van der Waals surface area contributed by atoms with Crippen molar-refractivity contribution in [3.05, 3.63) is 84.9 Å². The fourth-order valence-electron chi connectivity index (χ4n) is 3.13. The maximum Gasteiger partial charge on any atom is 0.158 e. The van der Waals surface area contributed by atoms with E-state index in [-0.39, 0.29) is 0 Å². The number of rotatable bonds is 1. The van der Waals surface area contributed by atoms with Crippen molar-refractivity contribution in [3.8, 4) is 22.6 Å². The largest absolute Gasteiger partial charge is 0.452 e. The van der Waals surface area contributed by atoms with Crippen LogP contribution in [0.25, 0.3) is 21.9 Å². The van der Waals surface area contributed by atoms with E-state index in [1.54, 1.807) is 0 Å². The van der Waals surface area contributed by atoms with Gasteiger partial charge in [0.1, 0.15) is 0 Å². The first-order chi connectivity index (χ1) is 11.9. The minimum Gasteiger partial charge on any atom is -0.452 e. The molecule has 0 saturated heterocycles. The van der Waals surface area contributed by atoms with Crippen LogP contribution in [0.15, 0.2) is 72.8 Å². The van der Waals surface area contributed by atoms with Crippen LogP contribution in [0, 0.1) is 12.1 Å². The van der Waals surface area contributed by atoms with E-state index in [2.05, 4.69) is 53.8 Å². The van der Waals surface area contributed by atoms with Gasteiger partial charge in [0.2, 0.25) is 0 Å². The minimum atomic E-state index is 0.842. The second kappa shape index (κ2) is 5.04. The zero-order valence-corrected chi connectivity index (χ0v) is 12.8. The zero-order valence-electron chi connectivity index (χ0n) is 12.8. The average molecular weight is 307 g/mol. The Bertz CT molecular complexity index is 1050. The molecular weight excluding hydrogens is 294 g/mol. The number of hydrogen-bond acceptors (Lipinski definition) is 2. The van der Waals surface area contributed by atoms with Gasteiger partial charge in [-0.25, -0.2) is 0 Å². The van der Waals surface area contributed by atoms with Crippen LogP contribution in [0.5, 0.6) is 11.5 Å². The fraction of sp³-hybridized carbons (Fsp3) is 0. The third kappa shape index (κ3) is 2.00. The van der Waals surface area contributed by atoms with Crippen LogP contribution in [0.4, 0.5) is 11.4 Å². The standard InChI is InChI=1S/C22H13NO/c1-2-6-15(7-3-1)17-11-13-21-20(14-17)23-19-12-10-16-8-4-5-9-18(16)22(19)24-21/h2,4-14,23H. The molecule has 4 aromatic carbocycles. The lowest BCUT2D eigenvalue weighted by molar-refractivity contribution is 0.487. The molecule has 2 heteroatoms. The van der Waals surface area contributed by atoms with Gasteiger partial charge in [0.15, 0.2) is 11.5 Å². The van der Waals surface area contributed by atoms with Crippen LogP contribution in [-0.4, -0.2) is 0 Å². The monoisotopic (exact) mass is 307 g/mol. The van der Waals surface area contributed by atoms with Gasteiger partial charge in [0.05, 0.1) is 11.4 Å². The summed E-state index contributed by atoms with van der Waals surface area (Å²) in [6.45, 7) is 0. The smallest absolute Gasteiger partial charge is 0.158 e. The van der Waals surface area contributed by atoms with E-state index < -0.39 is 0 Å². The summed E-state index contributed by atoms with van der Waals surface area (Å²) in [5.74, 6) is 1.73. The zero-order chi connectivity index (χ0) is 15.9. The van der Waals surface area contributed by atoms with Gasteiger partial charge >= 0.3 is 0 Å². The van der Waals surface area contributed by atoms with Crippen LogP contribution >= 0.6 is 0 Å². The van der Waals surface area contributed by atoms with E-state index in [0.29, 0.717) is 0 Å². The molecule has 1 aliphatic rings. The van der Waals surface area contributed by atoms with Crippen molar-refractivity contribution in [1.82, 2.24) is 0 Å². The molecule has 1 aliphatic heterocycles. The third-order valence-electron chi connectivity index (χ3n) is 4.33. The van der Waals surface area contributed by atoms with E-state index in [9.17, 15) is 0 Å². The molecule has 24 heavy (non-hydrogen) atoms. The quantitative estimate of drug-likeness (QED) is 0.413. The number of benzene rings is 3. The van der Waals surface area contributed by atoms with Gasteiger partial charge in [-0.1, -0.05) is 48.5 Å². The third-order valence-corrected chi connectivity index (χ3v) is 4.33. The molecule has 0 amide bonds. The first-order valence-electron chi connectivity index (χ1n) is 7.87. The average Bonchev–Trinajstić information content (AvgIpc) is 2.66. The molecule has 0 unspecified atom stereocenters. The normalized spacial score (nSPS) is 11.7. The highest BCUT2D eigenvalue weighted by molar-refractivity contribution is 5.96. The molecular formula is C22H13NO.